The van der Waals surface area contributed by atoms with Crippen molar-refractivity contribution >= 4 is 23.2 Å². The maximum atomic E-state index is 10.4. The second kappa shape index (κ2) is 7.72. The summed E-state index contributed by atoms with van der Waals surface area (Å²) in [5, 5.41) is 14.0. The van der Waals surface area contributed by atoms with Crippen molar-refractivity contribution in [2.75, 3.05) is 6.35 Å². The molecule has 1 N–H and O–H groups in total. The first kappa shape index (κ1) is 16.9. The fourth-order valence-electron chi connectivity index (χ4n) is 2.74. The van der Waals surface area contributed by atoms with Gasteiger partial charge in [-0.15, -0.1) is 0 Å². The average Bonchev–Trinajstić information content (AvgIpc) is 2.59. The van der Waals surface area contributed by atoms with Gasteiger partial charge in [-0.25, -0.2) is 0 Å². The minimum Gasteiger partial charge on any atom is -0.361 e. The number of aliphatic hydroxyl groups is 1. The first-order valence-corrected chi connectivity index (χ1v) is 9.01. The van der Waals surface area contributed by atoms with Crippen molar-refractivity contribution in [1.29, 1.82) is 0 Å². The summed E-state index contributed by atoms with van der Waals surface area (Å²) in [6, 6.07) is 31.1. The largest absolute Gasteiger partial charge is 0.361 e. The summed E-state index contributed by atoms with van der Waals surface area (Å²) >= 11 is 0. The van der Waals surface area contributed by atoms with Crippen molar-refractivity contribution in [2.45, 2.75) is 0 Å². The molecule has 0 amide bonds. The van der Waals surface area contributed by atoms with Crippen LogP contribution in [0.15, 0.2) is 91.0 Å². The third-order valence-electron chi connectivity index (χ3n) is 3.80. The molecule has 0 bridgehead atoms. The monoisotopic (exact) mass is 356 g/mol. The van der Waals surface area contributed by atoms with Crippen molar-refractivity contribution in [3.63, 3.8) is 0 Å². The van der Waals surface area contributed by atoms with E-state index in [4.69, 9.17) is 0 Å². The van der Waals surface area contributed by atoms with Crippen LogP contribution in [0.5, 0.6) is 0 Å². The van der Waals surface area contributed by atoms with Crippen LogP contribution >= 0.6 is 7.26 Å². The van der Waals surface area contributed by atoms with Crippen LogP contribution < -0.4 is 15.9 Å². The molecule has 3 heteroatoms. The van der Waals surface area contributed by atoms with Gasteiger partial charge in [0.05, 0.1) is 0 Å². The van der Waals surface area contributed by atoms with Crippen molar-refractivity contribution < 1.29 is 22.2 Å². The summed E-state index contributed by atoms with van der Waals surface area (Å²) < 4.78 is 0. The molecule has 1 nitrogen and oxygen atoms in total. The van der Waals surface area contributed by atoms with Gasteiger partial charge in [-0.05, 0) is 36.4 Å². The SMILES string of the molecule is OC[P+](c1ccccc1)(c1ccccc1)c1ccccc1.[Cu]. The summed E-state index contributed by atoms with van der Waals surface area (Å²) in [5.74, 6) is 0. The minimum absolute atomic E-state index is 0. The van der Waals surface area contributed by atoms with E-state index in [-0.39, 0.29) is 23.4 Å². The fraction of sp³-hybridized carbons (Fsp3) is 0.0526. The van der Waals surface area contributed by atoms with Gasteiger partial charge < -0.3 is 5.11 Å². The number of hydrogen-bond acceptors (Lipinski definition) is 1. The molecule has 115 valence electrons. The molecular formula is C19H18CuOP+. The smallest absolute Gasteiger partial charge is 0.168 e. The predicted molar refractivity (Wildman–Crippen MR) is 92.2 cm³/mol. The summed E-state index contributed by atoms with van der Waals surface area (Å²) in [6.07, 6.45) is 0.144. The van der Waals surface area contributed by atoms with E-state index in [0.717, 1.165) is 0 Å². The van der Waals surface area contributed by atoms with Crippen LogP contribution in [0.2, 0.25) is 0 Å². The van der Waals surface area contributed by atoms with E-state index >= 15 is 0 Å². The van der Waals surface area contributed by atoms with Gasteiger partial charge in [0.25, 0.3) is 0 Å². The van der Waals surface area contributed by atoms with E-state index in [9.17, 15) is 5.11 Å². The molecule has 3 aromatic carbocycles. The Balaban J connectivity index is 0.00000176. The standard InChI is InChI=1S/C19H18OP.Cu/c20-16-21(17-10-4-1-5-11-17,18-12-6-2-7-13-18)19-14-8-3-9-15-19;/h1-15,20H,16H2;/q+1;. The maximum absolute atomic E-state index is 10.4. The van der Waals surface area contributed by atoms with Gasteiger partial charge in [0.15, 0.2) is 6.35 Å². The number of benzene rings is 3. The number of aliphatic hydroxyl groups excluding tert-OH is 1. The van der Waals surface area contributed by atoms with Crippen molar-refractivity contribution in [1.82, 2.24) is 0 Å². The van der Waals surface area contributed by atoms with Gasteiger partial charge in [-0.1, -0.05) is 54.6 Å². The fourth-order valence-corrected chi connectivity index (χ4v) is 6.17. The molecule has 1 radical (unpaired) electrons. The van der Waals surface area contributed by atoms with Gasteiger partial charge in [0.1, 0.15) is 23.2 Å². The summed E-state index contributed by atoms with van der Waals surface area (Å²) in [6.45, 7) is 0. The second-order valence-corrected chi connectivity index (χ2v) is 8.41. The summed E-state index contributed by atoms with van der Waals surface area (Å²) in [7, 11) is -1.98. The molecular weight excluding hydrogens is 339 g/mol. The topological polar surface area (TPSA) is 20.2 Å². The van der Waals surface area contributed by atoms with E-state index in [0.29, 0.717) is 0 Å². The third kappa shape index (κ3) is 3.02. The van der Waals surface area contributed by atoms with E-state index in [1.54, 1.807) is 0 Å². The molecule has 3 aromatic rings. The van der Waals surface area contributed by atoms with E-state index in [2.05, 4.69) is 36.4 Å². The normalized spacial score (nSPS) is 10.8. The maximum Gasteiger partial charge on any atom is 0.168 e. The Morgan fingerprint density at radius 1 is 0.545 bits per heavy atom. The van der Waals surface area contributed by atoms with Crippen molar-refractivity contribution in [3.8, 4) is 0 Å². The zero-order chi connectivity index (χ0) is 14.5. The zero-order valence-electron chi connectivity index (χ0n) is 12.1. The molecule has 0 fully saturated rings. The van der Waals surface area contributed by atoms with Crippen LogP contribution in [0.4, 0.5) is 0 Å². The molecule has 0 atom stereocenters. The number of rotatable bonds is 4. The Bertz CT molecular complexity index is 590. The Hall–Kier alpha value is -1.43. The van der Waals surface area contributed by atoms with Crippen LogP contribution in [0, 0.1) is 0 Å². The van der Waals surface area contributed by atoms with Crippen LogP contribution in [-0.2, 0) is 17.1 Å². The van der Waals surface area contributed by atoms with E-state index < -0.39 is 7.26 Å². The number of hydrogen-bond donors (Lipinski definition) is 1. The van der Waals surface area contributed by atoms with Crippen molar-refractivity contribution in [2.24, 2.45) is 0 Å². The Morgan fingerprint density at radius 3 is 1.05 bits per heavy atom. The van der Waals surface area contributed by atoms with E-state index in [1.807, 2.05) is 54.6 Å². The van der Waals surface area contributed by atoms with Crippen molar-refractivity contribution in [3.05, 3.63) is 91.0 Å². The van der Waals surface area contributed by atoms with Gasteiger partial charge >= 0.3 is 0 Å². The average molecular weight is 357 g/mol. The third-order valence-corrected chi connectivity index (χ3v) is 7.77. The molecule has 0 aliphatic heterocycles. The molecule has 0 unspecified atom stereocenters. The summed E-state index contributed by atoms with van der Waals surface area (Å²) in [5.41, 5.74) is 0. The molecule has 0 aliphatic carbocycles. The Labute approximate surface area is 142 Å². The predicted octanol–water partition coefficient (Wildman–Crippen LogP) is 2.93. The molecule has 0 spiro atoms. The van der Waals surface area contributed by atoms with Crippen LogP contribution in [0.3, 0.4) is 0 Å². The molecule has 0 saturated heterocycles. The Morgan fingerprint density at radius 2 is 0.818 bits per heavy atom. The quantitative estimate of drug-likeness (QED) is 0.563. The first-order chi connectivity index (χ1) is 10.4. The minimum atomic E-state index is -1.98. The molecule has 0 aromatic heterocycles. The molecule has 0 heterocycles. The van der Waals surface area contributed by atoms with Gasteiger partial charge in [-0.3, -0.25) is 0 Å². The van der Waals surface area contributed by atoms with Crippen LogP contribution in [0.25, 0.3) is 0 Å². The Kier molecular flexibility index (Phi) is 5.94. The first-order valence-electron chi connectivity index (χ1n) is 7.04. The van der Waals surface area contributed by atoms with Gasteiger partial charge in [0, 0.05) is 17.1 Å². The molecule has 22 heavy (non-hydrogen) atoms. The van der Waals surface area contributed by atoms with Crippen LogP contribution in [-0.4, -0.2) is 11.5 Å². The summed E-state index contributed by atoms with van der Waals surface area (Å²) in [4.78, 5) is 0. The molecule has 3 rings (SSSR count). The van der Waals surface area contributed by atoms with E-state index in [1.165, 1.54) is 15.9 Å². The second-order valence-electron chi connectivity index (χ2n) is 4.96. The van der Waals surface area contributed by atoms with Gasteiger partial charge in [-0.2, -0.15) is 0 Å². The van der Waals surface area contributed by atoms with Crippen LogP contribution in [0.1, 0.15) is 0 Å². The molecule has 0 aliphatic rings. The van der Waals surface area contributed by atoms with Gasteiger partial charge in [0.2, 0.25) is 0 Å². The zero-order valence-corrected chi connectivity index (χ0v) is 13.9. The molecule has 0 saturated carbocycles.